The molecule has 2 fully saturated rings. The summed E-state index contributed by atoms with van der Waals surface area (Å²) >= 11 is 5.72. The Morgan fingerprint density at radius 3 is 2.67 bits per heavy atom. The molecule has 0 aliphatic heterocycles. The van der Waals surface area contributed by atoms with Crippen molar-refractivity contribution in [3.63, 3.8) is 0 Å². The average molecular weight is 328 g/mol. The first-order valence-corrected chi connectivity index (χ1v) is 8.79. The van der Waals surface area contributed by atoms with Crippen LogP contribution in [0.25, 0.3) is 0 Å². The van der Waals surface area contributed by atoms with Gasteiger partial charge in [0.2, 0.25) is 0 Å². The Morgan fingerprint density at radius 1 is 1.39 bits per heavy atom. The van der Waals surface area contributed by atoms with Gasteiger partial charge in [-0.2, -0.15) is 0 Å². The van der Waals surface area contributed by atoms with Crippen molar-refractivity contribution in [1.82, 2.24) is 5.32 Å². The fourth-order valence-corrected chi connectivity index (χ4v) is 5.59. The fourth-order valence-electron chi connectivity index (χ4n) is 3.52. The van der Waals surface area contributed by atoms with E-state index in [1.165, 1.54) is 39.9 Å². The Kier molecular flexibility index (Phi) is 3.84. The van der Waals surface area contributed by atoms with Gasteiger partial charge < -0.3 is 5.32 Å². The second-order valence-corrected chi connectivity index (χ2v) is 8.13. The van der Waals surface area contributed by atoms with Gasteiger partial charge in [-0.25, -0.2) is 0 Å². The first kappa shape index (κ1) is 13.1. The van der Waals surface area contributed by atoms with Crippen molar-refractivity contribution in [1.29, 1.82) is 0 Å². The lowest BCUT2D eigenvalue weighted by Gasteiger charge is -2.25. The van der Waals surface area contributed by atoms with Crippen LogP contribution < -0.4 is 5.32 Å². The van der Waals surface area contributed by atoms with Crippen molar-refractivity contribution in [2.75, 3.05) is 6.54 Å². The van der Waals surface area contributed by atoms with E-state index < -0.39 is 0 Å². The number of hydrogen-bond acceptors (Lipinski definition) is 2. The average Bonchev–Trinajstić information content (AvgIpc) is 2.79. The van der Waals surface area contributed by atoms with Crippen molar-refractivity contribution in [3.05, 3.63) is 20.3 Å². The number of nitrogens with one attached hydrogen (secondary N) is 1. The summed E-state index contributed by atoms with van der Waals surface area (Å²) in [4.78, 5) is 2.95. The highest BCUT2D eigenvalue weighted by molar-refractivity contribution is 9.10. The molecule has 3 rings (SSSR count). The van der Waals surface area contributed by atoms with Crippen molar-refractivity contribution in [2.45, 2.75) is 45.6 Å². The molecular formula is C15H22BrNS. The third-order valence-electron chi connectivity index (χ3n) is 4.48. The summed E-state index contributed by atoms with van der Waals surface area (Å²) in [5.74, 6) is 3.01. The SMILES string of the molecule is CCCNC(c1sc(C)cc1Br)C1CC2CC2C1. The molecule has 18 heavy (non-hydrogen) atoms. The summed E-state index contributed by atoms with van der Waals surface area (Å²) in [6.07, 6.45) is 5.64. The van der Waals surface area contributed by atoms with Crippen molar-refractivity contribution in [2.24, 2.45) is 17.8 Å². The molecule has 1 heterocycles. The molecule has 1 nitrogen and oxygen atoms in total. The highest BCUT2D eigenvalue weighted by Crippen LogP contribution is 2.57. The van der Waals surface area contributed by atoms with Gasteiger partial charge in [-0.1, -0.05) is 6.92 Å². The molecule has 0 bridgehead atoms. The van der Waals surface area contributed by atoms with E-state index in [4.69, 9.17) is 0 Å². The molecule has 3 unspecified atom stereocenters. The third-order valence-corrected chi connectivity index (χ3v) is 6.54. The van der Waals surface area contributed by atoms with Crippen LogP contribution in [0.2, 0.25) is 0 Å². The zero-order valence-electron chi connectivity index (χ0n) is 11.2. The minimum atomic E-state index is 0.589. The van der Waals surface area contributed by atoms with Gasteiger partial charge in [-0.15, -0.1) is 11.3 Å². The van der Waals surface area contributed by atoms with Gasteiger partial charge in [0, 0.05) is 20.3 Å². The summed E-state index contributed by atoms with van der Waals surface area (Å²) in [5.41, 5.74) is 0. The number of aryl methyl sites for hydroxylation is 1. The lowest BCUT2D eigenvalue weighted by Crippen LogP contribution is -2.28. The summed E-state index contributed by atoms with van der Waals surface area (Å²) in [6, 6.07) is 2.86. The monoisotopic (exact) mass is 327 g/mol. The van der Waals surface area contributed by atoms with E-state index >= 15 is 0 Å². The molecule has 0 radical (unpaired) electrons. The van der Waals surface area contributed by atoms with Crippen LogP contribution in [0.15, 0.2) is 10.5 Å². The van der Waals surface area contributed by atoms with Gasteiger partial charge in [0.1, 0.15) is 0 Å². The number of fused-ring (bicyclic) bond motifs is 1. The van der Waals surface area contributed by atoms with Gasteiger partial charge in [-0.05, 0) is 78.9 Å². The Hall–Kier alpha value is 0.140. The van der Waals surface area contributed by atoms with Gasteiger partial charge in [0.05, 0.1) is 0 Å². The van der Waals surface area contributed by atoms with Crippen LogP contribution in [-0.2, 0) is 0 Å². The van der Waals surface area contributed by atoms with E-state index in [2.05, 4.69) is 41.2 Å². The van der Waals surface area contributed by atoms with Crippen molar-refractivity contribution < 1.29 is 0 Å². The number of halogens is 1. The molecule has 0 spiro atoms. The lowest BCUT2D eigenvalue weighted by molar-refractivity contribution is 0.345. The standard InChI is InChI=1S/C15H22BrNS/c1-3-4-17-14(12-7-10-6-11(10)8-12)15-13(16)5-9(2)18-15/h5,10-12,14,17H,3-4,6-8H2,1-2H3. The zero-order chi connectivity index (χ0) is 12.7. The number of hydrogen-bond donors (Lipinski definition) is 1. The zero-order valence-corrected chi connectivity index (χ0v) is 13.6. The van der Waals surface area contributed by atoms with Gasteiger partial charge in [-0.3, -0.25) is 0 Å². The quantitative estimate of drug-likeness (QED) is 0.810. The molecule has 100 valence electrons. The maximum absolute atomic E-state index is 3.80. The van der Waals surface area contributed by atoms with Crippen LogP contribution in [0.4, 0.5) is 0 Å². The molecule has 1 aromatic rings. The molecule has 2 aliphatic rings. The molecule has 3 heteroatoms. The summed E-state index contributed by atoms with van der Waals surface area (Å²) in [5, 5.41) is 3.80. The van der Waals surface area contributed by atoms with Crippen LogP contribution >= 0.6 is 27.3 Å². The maximum atomic E-state index is 3.80. The Balaban J connectivity index is 1.78. The molecule has 0 saturated heterocycles. The second kappa shape index (κ2) is 5.26. The molecule has 0 aromatic carbocycles. The van der Waals surface area contributed by atoms with E-state index in [1.807, 2.05) is 11.3 Å². The minimum Gasteiger partial charge on any atom is -0.309 e. The van der Waals surface area contributed by atoms with Gasteiger partial charge >= 0.3 is 0 Å². The van der Waals surface area contributed by atoms with Crippen LogP contribution in [0.1, 0.15) is 48.4 Å². The third kappa shape index (κ3) is 2.54. The Morgan fingerprint density at radius 2 is 2.11 bits per heavy atom. The summed E-state index contributed by atoms with van der Waals surface area (Å²) in [7, 11) is 0. The van der Waals surface area contributed by atoms with Crippen molar-refractivity contribution in [3.8, 4) is 0 Å². The number of thiophene rings is 1. The highest BCUT2D eigenvalue weighted by Gasteiger charge is 2.48. The van der Waals surface area contributed by atoms with Crippen LogP contribution in [0, 0.1) is 24.7 Å². The minimum absolute atomic E-state index is 0.589. The predicted octanol–water partition coefficient (Wildman–Crippen LogP) is 4.91. The topological polar surface area (TPSA) is 12.0 Å². The first-order valence-electron chi connectivity index (χ1n) is 7.18. The fraction of sp³-hybridized carbons (Fsp3) is 0.733. The molecule has 2 saturated carbocycles. The Bertz CT molecular complexity index is 418. The largest absolute Gasteiger partial charge is 0.309 e. The van der Waals surface area contributed by atoms with Crippen molar-refractivity contribution >= 4 is 27.3 Å². The normalized spacial score (nSPS) is 31.4. The highest BCUT2D eigenvalue weighted by atomic mass is 79.9. The Labute approximate surface area is 122 Å². The van der Waals surface area contributed by atoms with Gasteiger partial charge in [0.25, 0.3) is 0 Å². The predicted molar refractivity (Wildman–Crippen MR) is 82.1 cm³/mol. The van der Waals surface area contributed by atoms with E-state index in [0.717, 1.165) is 24.3 Å². The number of rotatable bonds is 5. The first-order chi connectivity index (χ1) is 8.69. The lowest BCUT2D eigenvalue weighted by atomic mass is 9.93. The van der Waals surface area contributed by atoms with E-state index in [0.29, 0.717) is 6.04 Å². The molecule has 3 atom stereocenters. The van der Waals surface area contributed by atoms with E-state index in [-0.39, 0.29) is 0 Å². The molecule has 1 aromatic heterocycles. The van der Waals surface area contributed by atoms with Crippen LogP contribution in [0.3, 0.4) is 0 Å². The molecule has 0 amide bonds. The smallest absolute Gasteiger partial charge is 0.0455 e. The van der Waals surface area contributed by atoms with Crippen LogP contribution in [0.5, 0.6) is 0 Å². The van der Waals surface area contributed by atoms with E-state index in [1.54, 1.807) is 0 Å². The van der Waals surface area contributed by atoms with Crippen LogP contribution in [-0.4, -0.2) is 6.54 Å². The second-order valence-electron chi connectivity index (χ2n) is 5.99. The molecular weight excluding hydrogens is 306 g/mol. The summed E-state index contributed by atoms with van der Waals surface area (Å²) < 4.78 is 1.32. The van der Waals surface area contributed by atoms with Gasteiger partial charge in [0.15, 0.2) is 0 Å². The summed E-state index contributed by atoms with van der Waals surface area (Å²) in [6.45, 7) is 5.60. The van der Waals surface area contributed by atoms with E-state index in [9.17, 15) is 0 Å². The molecule has 2 aliphatic carbocycles. The maximum Gasteiger partial charge on any atom is 0.0455 e. The molecule has 1 N–H and O–H groups in total.